The van der Waals surface area contributed by atoms with Crippen molar-refractivity contribution in [1.29, 1.82) is 0 Å². The summed E-state index contributed by atoms with van der Waals surface area (Å²) < 4.78 is 0. The van der Waals surface area contributed by atoms with E-state index in [1.807, 2.05) is 13.8 Å². The van der Waals surface area contributed by atoms with E-state index in [1.54, 1.807) is 0 Å². The summed E-state index contributed by atoms with van der Waals surface area (Å²) in [6.45, 7) is 9.43. The number of nitrogens with one attached hydrogen (secondary N) is 2. The van der Waals surface area contributed by atoms with Gasteiger partial charge in [0.05, 0.1) is 0 Å². The molecule has 6 heteroatoms. The first-order valence-electron chi connectivity index (χ1n) is 6.25. The number of nitrogens with two attached hydrogens (primary N) is 1. The minimum atomic E-state index is 0. The Morgan fingerprint density at radius 3 is 2.39 bits per heavy atom. The lowest BCUT2D eigenvalue weighted by Gasteiger charge is -2.09. The predicted molar refractivity (Wildman–Crippen MR) is 87.3 cm³/mol. The molecule has 0 unspecified atom stereocenters. The molecule has 108 valence electrons. The average Bonchev–Trinajstić information content (AvgIpc) is 2.15. The summed E-state index contributed by atoms with van der Waals surface area (Å²) in [6.07, 6.45) is 1.44. The molecule has 1 amide bonds. The lowest BCUT2D eigenvalue weighted by Crippen LogP contribution is -2.37. The van der Waals surface area contributed by atoms with Crippen molar-refractivity contribution in [2.24, 2.45) is 16.6 Å². The van der Waals surface area contributed by atoms with Gasteiger partial charge < -0.3 is 16.4 Å². The first-order chi connectivity index (χ1) is 7.91. The fraction of sp³-hybridized carbons (Fsp3) is 0.833. The average molecular weight is 370 g/mol. The monoisotopic (exact) mass is 370 g/mol. The zero-order valence-electron chi connectivity index (χ0n) is 11.8. The van der Waals surface area contributed by atoms with E-state index in [9.17, 15) is 4.79 Å². The van der Waals surface area contributed by atoms with Crippen LogP contribution in [0.15, 0.2) is 4.99 Å². The van der Waals surface area contributed by atoms with E-state index >= 15 is 0 Å². The molecule has 0 rings (SSSR count). The van der Waals surface area contributed by atoms with Crippen molar-refractivity contribution in [3.63, 3.8) is 0 Å². The van der Waals surface area contributed by atoms with Crippen LogP contribution in [0.5, 0.6) is 0 Å². The number of hydrogen-bond donors (Lipinski definition) is 3. The van der Waals surface area contributed by atoms with E-state index < -0.39 is 0 Å². The minimum Gasteiger partial charge on any atom is -0.370 e. The zero-order chi connectivity index (χ0) is 13.3. The molecular weight excluding hydrogens is 343 g/mol. The second-order valence-electron chi connectivity index (χ2n) is 4.85. The van der Waals surface area contributed by atoms with Crippen LogP contribution in [0.4, 0.5) is 0 Å². The van der Waals surface area contributed by atoms with Gasteiger partial charge >= 0.3 is 0 Å². The van der Waals surface area contributed by atoms with Gasteiger partial charge in [0.15, 0.2) is 5.96 Å². The van der Waals surface area contributed by atoms with Crippen LogP contribution in [-0.2, 0) is 4.79 Å². The summed E-state index contributed by atoms with van der Waals surface area (Å²) in [5.41, 5.74) is 5.65. The van der Waals surface area contributed by atoms with E-state index in [4.69, 9.17) is 5.73 Å². The molecule has 0 radical (unpaired) electrons. The topological polar surface area (TPSA) is 79.5 Å². The highest BCUT2D eigenvalue weighted by atomic mass is 127. The highest BCUT2D eigenvalue weighted by molar-refractivity contribution is 14.0. The van der Waals surface area contributed by atoms with E-state index in [-0.39, 0.29) is 35.9 Å². The van der Waals surface area contributed by atoms with E-state index in [0.717, 1.165) is 13.0 Å². The van der Waals surface area contributed by atoms with Crippen molar-refractivity contribution in [1.82, 2.24) is 10.6 Å². The van der Waals surface area contributed by atoms with Gasteiger partial charge in [-0.05, 0) is 26.2 Å². The van der Waals surface area contributed by atoms with Crippen LogP contribution in [0.25, 0.3) is 0 Å². The summed E-state index contributed by atoms with van der Waals surface area (Å²) >= 11 is 0. The van der Waals surface area contributed by atoms with Crippen LogP contribution in [-0.4, -0.2) is 31.0 Å². The normalized spacial score (nSPS) is 11.3. The van der Waals surface area contributed by atoms with Crippen LogP contribution < -0.4 is 16.4 Å². The Hall–Kier alpha value is -0.530. The highest BCUT2D eigenvalue weighted by Gasteiger charge is 2.02. The second-order valence-corrected chi connectivity index (χ2v) is 4.85. The molecule has 0 aliphatic carbocycles. The van der Waals surface area contributed by atoms with Gasteiger partial charge in [0, 0.05) is 25.6 Å². The molecule has 0 aliphatic heterocycles. The van der Waals surface area contributed by atoms with Gasteiger partial charge in [0.25, 0.3) is 0 Å². The molecule has 0 aromatic carbocycles. The number of hydrogen-bond acceptors (Lipinski definition) is 2. The van der Waals surface area contributed by atoms with E-state index in [0.29, 0.717) is 24.8 Å². The van der Waals surface area contributed by atoms with Crippen molar-refractivity contribution in [2.75, 3.05) is 13.1 Å². The van der Waals surface area contributed by atoms with Gasteiger partial charge in [-0.25, -0.2) is 0 Å². The fourth-order valence-corrected chi connectivity index (χ4v) is 1.20. The maximum Gasteiger partial charge on any atom is 0.221 e. The van der Waals surface area contributed by atoms with Crippen LogP contribution in [0, 0.1) is 5.92 Å². The summed E-state index contributed by atoms with van der Waals surface area (Å²) in [6, 6.07) is 0.180. The second kappa shape index (κ2) is 11.6. The molecule has 0 bridgehead atoms. The third kappa shape index (κ3) is 13.5. The third-order valence-electron chi connectivity index (χ3n) is 2.10. The van der Waals surface area contributed by atoms with Crippen LogP contribution >= 0.6 is 24.0 Å². The van der Waals surface area contributed by atoms with E-state index in [1.165, 1.54) is 0 Å². The molecule has 0 aromatic rings. The van der Waals surface area contributed by atoms with Gasteiger partial charge in [0.1, 0.15) is 0 Å². The Morgan fingerprint density at radius 2 is 1.89 bits per heavy atom. The molecule has 0 saturated carbocycles. The molecule has 18 heavy (non-hydrogen) atoms. The summed E-state index contributed by atoms with van der Waals surface area (Å²) in [5.74, 6) is 1.08. The van der Waals surface area contributed by atoms with Gasteiger partial charge in [0.2, 0.25) is 5.91 Å². The Kier molecular flexibility index (Phi) is 12.7. The fourth-order valence-electron chi connectivity index (χ4n) is 1.20. The highest BCUT2D eigenvalue weighted by Crippen LogP contribution is 1.97. The Morgan fingerprint density at radius 1 is 1.28 bits per heavy atom. The summed E-state index contributed by atoms with van der Waals surface area (Å²) in [5, 5.41) is 5.74. The molecule has 0 aromatic heterocycles. The summed E-state index contributed by atoms with van der Waals surface area (Å²) in [4.78, 5) is 15.5. The first kappa shape index (κ1) is 19.8. The van der Waals surface area contributed by atoms with Gasteiger partial charge in [-0.1, -0.05) is 13.8 Å². The van der Waals surface area contributed by atoms with Gasteiger partial charge in [-0.2, -0.15) is 0 Å². The van der Waals surface area contributed by atoms with Crippen molar-refractivity contribution in [3.8, 4) is 0 Å². The summed E-state index contributed by atoms with van der Waals surface area (Å²) in [7, 11) is 0. The van der Waals surface area contributed by atoms with Crippen LogP contribution in [0.3, 0.4) is 0 Å². The zero-order valence-corrected chi connectivity index (χ0v) is 14.2. The number of amides is 1. The third-order valence-corrected chi connectivity index (χ3v) is 2.10. The first-order valence-corrected chi connectivity index (χ1v) is 6.25. The number of carbonyl (C=O) groups is 1. The van der Waals surface area contributed by atoms with Crippen molar-refractivity contribution in [2.45, 2.75) is 46.6 Å². The van der Waals surface area contributed by atoms with E-state index in [2.05, 4.69) is 29.5 Å². The number of carbonyl (C=O) groups excluding carboxylic acids is 1. The minimum absolute atomic E-state index is 0. The molecular formula is C12H27IN4O. The standard InChI is InChI=1S/C12H26N4O.HI/c1-9(2)5-7-14-12(13)15-8-6-11(17)16-10(3)4;/h9-10H,5-8H2,1-4H3,(H,16,17)(H3,13,14,15);1H. The molecule has 0 heterocycles. The Labute approximate surface area is 127 Å². The molecule has 0 atom stereocenters. The smallest absolute Gasteiger partial charge is 0.221 e. The quantitative estimate of drug-likeness (QED) is 0.361. The lowest BCUT2D eigenvalue weighted by molar-refractivity contribution is -0.121. The maximum absolute atomic E-state index is 11.3. The number of aliphatic imine (C=N–C) groups is 1. The number of rotatable bonds is 7. The van der Waals surface area contributed by atoms with Gasteiger partial charge in [-0.15, -0.1) is 24.0 Å². The van der Waals surface area contributed by atoms with Crippen molar-refractivity contribution in [3.05, 3.63) is 0 Å². The van der Waals surface area contributed by atoms with Crippen molar-refractivity contribution >= 4 is 35.8 Å². The molecule has 0 saturated heterocycles. The van der Waals surface area contributed by atoms with Crippen molar-refractivity contribution < 1.29 is 4.79 Å². The molecule has 0 aliphatic rings. The number of halogens is 1. The molecule has 5 nitrogen and oxygen atoms in total. The predicted octanol–water partition coefficient (Wildman–Crippen LogP) is 1.47. The van der Waals surface area contributed by atoms with Crippen LogP contribution in [0.1, 0.15) is 40.5 Å². The molecule has 4 N–H and O–H groups in total. The lowest BCUT2D eigenvalue weighted by atomic mass is 10.1. The largest absolute Gasteiger partial charge is 0.370 e. The van der Waals surface area contributed by atoms with Gasteiger partial charge in [-0.3, -0.25) is 9.79 Å². The SMILES string of the molecule is CC(C)CCN=C(N)NCCC(=O)NC(C)C.I. The molecule has 0 fully saturated rings. The van der Waals surface area contributed by atoms with Crippen LogP contribution in [0.2, 0.25) is 0 Å². The maximum atomic E-state index is 11.3. The Balaban J connectivity index is 0. The number of guanidine groups is 1. The Bertz CT molecular complexity index is 254. The number of nitrogens with zero attached hydrogens (tertiary/aromatic N) is 1. The molecule has 0 spiro atoms.